The van der Waals surface area contributed by atoms with Gasteiger partial charge in [-0.1, -0.05) is 24.6 Å². The summed E-state index contributed by atoms with van der Waals surface area (Å²) >= 11 is 6.36. The standard InChI is InChI=1S/C21H15ClF3N3O3S/c1-2-32(29,30)14-6-8-20(26-12-14)28-17(11-19(27-28)21(23,24)25)13-5-7-15(16(22)10-13)18-4-3-9-31-18/h3-12H,2H2,1H3. The molecule has 32 heavy (non-hydrogen) atoms. The summed E-state index contributed by atoms with van der Waals surface area (Å²) in [6.45, 7) is 1.49. The zero-order valence-corrected chi connectivity index (χ0v) is 18.0. The van der Waals surface area contributed by atoms with Gasteiger partial charge in [0, 0.05) is 17.3 Å². The first-order valence-electron chi connectivity index (χ1n) is 9.30. The van der Waals surface area contributed by atoms with Crippen LogP contribution in [0.25, 0.3) is 28.4 Å². The summed E-state index contributed by atoms with van der Waals surface area (Å²) in [7, 11) is -3.51. The number of benzene rings is 1. The second-order valence-corrected chi connectivity index (χ2v) is 9.44. The minimum atomic E-state index is -4.69. The van der Waals surface area contributed by atoms with Crippen molar-refractivity contribution in [3.05, 3.63) is 71.7 Å². The van der Waals surface area contributed by atoms with Gasteiger partial charge in [0.2, 0.25) is 0 Å². The van der Waals surface area contributed by atoms with Gasteiger partial charge in [-0.05, 0) is 42.5 Å². The van der Waals surface area contributed by atoms with Crippen molar-refractivity contribution in [2.24, 2.45) is 0 Å². The summed E-state index contributed by atoms with van der Waals surface area (Å²) < 4.78 is 70.5. The van der Waals surface area contributed by atoms with Crippen molar-refractivity contribution in [2.75, 3.05) is 5.75 Å². The Morgan fingerprint density at radius 3 is 2.47 bits per heavy atom. The Morgan fingerprint density at radius 1 is 1.12 bits per heavy atom. The van der Waals surface area contributed by atoms with Gasteiger partial charge < -0.3 is 4.42 Å². The summed E-state index contributed by atoms with van der Waals surface area (Å²) in [5, 5.41) is 3.93. The van der Waals surface area contributed by atoms with Crippen molar-refractivity contribution >= 4 is 21.4 Å². The predicted octanol–water partition coefficient (Wildman–Crippen LogP) is 5.66. The van der Waals surface area contributed by atoms with Crippen LogP contribution in [0.1, 0.15) is 12.6 Å². The lowest BCUT2D eigenvalue weighted by molar-refractivity contribution is -0.141. The second-order valence-electron chi connectivity index (χ2n) is 6.75. The fraction of sp³-hybridized carbons (Fsp3) is 0.143. The molecule has 166 valence electrons. The monoisotopic (exact) mass is 481 g/mol. The first-order chi connectivity index (χ1) is 15.1. The van der Waals surface area contributed by atoms with E-state index in [9.17, 15) is 21.6 Å². The number of hydrogen-bond acceptors (Lipinski definition) is 5. The first-order valence-corrected chi connectivity index (χ1v) is 11.3. The SMILES string of the molecule is CCS(=O)(=O)c1ccc(-n2nc(C(F)(F)F)cc2-c2ccc(-c3ccco3)c(Cl)c2)nc1. The normalized spacial score (nSPS) is 12.3. The molecule has 11 heteroatoms. The number of halogens is 4. The largest absolute Gasteiger partial charge is 0.464 e. The molecule has 3 heterocycles. The van der Waals surface area contributed by atoms with Crippen molar-refractivity contribution in [2.45, 2.75) is 18.0 Å². The molecule has 4 rings (SSSR count). The van der Waals surface area contributed by atoms with E-state index in [-0.39, 0.29) is 27.2 Å². The Kier molecular flexibility index (Phi) is 5.59. The van der Waals surface area contributed by atoms with Crippen molar-refractivity contribution in [1.29, 1.82) is 0 Å². The number of aromatic nitrogens is 3. The summed E-state index contributed by atoms with van der Waals surface area (Å²) in [4.78, 5) is 4.00. The van der Waals surface area contributed by atoms with E-state index < -0.39 is 21.7 Å². The highest BCUT2D eigenvalue weighted by Gasteiger charge is 2.35. The number of furan rings is 1. The molecule has 0 saturated heterocycles. The van der Waals surface area contributed by atoms with Crippen molar-refractivity contribution in [3.63, 3.8) is 0 Å². The van der Waals surface area contributed by atoms with Crippen LogP contribution in [-0.2, 0) is 16.0 Å². The van der Waals surface area contributed by atoms with Gasteiger partial charge in [-0.25, -0.2) is 18.1 Å². The first kappa shape index (κ1) is 22.1. The maximum Gasteiger partial charge on any atom is 0.435 e. The molecule has 0 amide bonds. The van der Waals surface area contributed by atoms with Crippen LogP contribution in [-0.4, -0.2) is 28.9 Å². The zero-order chi connectivity index (χ0) is 23.1. The van der Waals surface area contributed by atoms with Gasteiger partial charge >= 0.3 is 6.18 Å². The van der Waals surface area contributed by atoms with Crippen LogP contribution < -0.4 is 0 Å². The van der Waals surface area contributed by atoms with E-state index in [1.54, 1.807) is 24.3 Å². The molecule has 6 nitrogen and oxygen atoms in total. The van der Waals surface area contributed by atoms with Crippen molar-refractivity contribution < 1.29 is 26.0 Å². The van der Waals surface area contributed by atoms with E-state index in [1.165, 1.54) is 31.4 Å². The van der Waals surface area contributed by atoms with Crippen molar-refractivity contribution in [3.8, 4) is 28.4 Å². The Morgan fingerprint density at radius 2 is 1.91 bits per heavy atom. The fourth-order valence-electron chi connectivity index (χ4n) is 3.05. The van der Waals surface area contributed by atoms with Gasteiger partial charge in [-0.15, -0.1) is 0 Å². The second kappa shape index (κ2) is 8.10. The zero-order valence-electron chi connectivity index (χ0n) is 16.5. The third-order valence-electron chi connectivity index (χ3n) is 4.73. The Hall–Kier alpha value is -3.11. The van der Waals surface area contributed by atoms with Gasteiger partial charge in [0.15, 0.2) is 21.3 Å². The van der Waals surface area contributed by atoms with Crippen LogP contribution in [0, 0.1) is 0 Å². The van der Waals surface area contributed by atoms with Crippen LogP contribution in [0.4, 0.5) is 13.2 Å². The van der Waals surface area contributed by atoms with Crippen LogP contribution >= 0.6 is 11.6 Å². The summed E-state index contributed by atoms with van der Waals surface area (Å²) in [5.74, 6) is 0.414. The Bertz CT molecular complexity index is 1360. The fourth-order valence-corrected chi connectivity index (χ4v) is 4.15. The van der Waals surface area contributed by atoms with E-state index in [0.29, 0.717) is 16.9 Å². The van der Waals surface area contributed by atoms with Gasteiger partial charge in [0.1, 0.15) is 5.76 Å². The summed E-state index contributed by atoms with van der Waals surface area (Å²) in [6, 6.07) is 11.6. The molecule has 0 saturated carbocycles. The molecule has 0 aliphatic carbocycles. The highest BCUT2D eigenvalue weighted by atomic mass is 35.5. The lowest BCUT2D eigenvalue weighted by atomic mass is 10.1. The molecule has 0 radical (unpaired) electrons. The van der Waals surface area contributed by atoms with E-state index in [1.807, 2.05) is 0 Å². The smallest absolute Gasteiger partial charge is 0.435 e. The molecule has 0 bridgehead atoms. The molecule has 0 aliphatic heterocycles. The number of nitrogens with zero attached hydrogens (tertiary/aromatic N) is 3. The van der Waals surface area contributed by atoms with Crippen LogP contribution in [0.3, 0.4) is 0 Å². The molecule has 1 aromatic carbocycles. The van der Waals surface area contributed by atoms with Gasteiger partial charge in [0.25, 0.3) is 0 Å². The summed E-state index contributed by atoms with van der Waals surface area (Å²) in [6.07, 6.45) is -2.11. The number of pyridine rings is 1. The molecule has 0 fully saturated rings. The molecular formula is C21H15ClF3N3O3S. The van der Waals surface area contributed by atoms with E-state index in [2.05, 4.69) is 10.1 Å². The molecule has 0 N–H and O–H groups in total. The average Bonchev–Trinajstić information content (AvgIpc) is 3.44. The van der Waals surface area contributed by atoms with E-state index in [4.69, 9.17) is 16.0 Å². The third-order valence-corrected chi connectivity index (χ3v) is 6.76. The minimum Gasteiger partial charge on any atom is -0.464 e. The third kappa shape index (κ3) is 4.15. The molecule has 0 atom stereocenters. The molecule has 3 aromatic heterocycles. The summed E-state index contributed by atoms with van der Waals surface area (Å²) in [5.41, 5.74) is -0.0928. The van der Waals surface area contributed by atoms with Crippen LogP contribution in [0.2, 0.25) is 5.02 Å². The Labute approximate surface area is 186 Å². The maximum atomic E-state index is 13.4. The predicted molar refractivity (Wildman–Crippen MR) is 112 cm³/mol. The quantitative estimate of drug-likeness (QED) is 0.367. The van der Waals surface area contributed by atoms with Crippen LogP contribution in [0.5, 0.6) is 0 Å². The lowest BCUT2D eigenvalue weighted by Gasteiger charge is -2.09. The molecule has 4 aromatic rings. The molecule has 0 spiro atoms. The molecule has 0 unspecified atom stereocenters. The highest BCUT2D eigenvalue weighted by molar-refractivity contribution is 7.91. The van der Waals surface area contributed by atoms with E-state index in [0.717, 1.165) is 16.9 Å². The maximum absolute atomic E-state index is 13.4. The minimum absolute atomic E-state index is 0.0248. The van der Waals surface area contributed by atoms with E-state index >= 15 is 0 Å². The lowest BCUT2D eigenvalue weighted by Crippen LogP contribution is -2.09. The van der Waals surface area contributed by atoms with Crippen LogP contribution in [0.15, 0.2) is 70.3 Å². The number of rotatable bonds is 5. The van der Waals surface area contributed by atoms with Gasteiger partial charge in [-0.3, -0.25) is 0 Å². The molecule has 0 aliphatic rings. The number of alkyl halides is 3. The number of hydrogen-bond donors (Lipinski definition) is 0. The molecular weight excluding hydrogens is 467 g/mol. The number of sulfone groups is 1. The van der Waals surface area contributed by atoms with Gasteiger partial charge in [0.05, 0.1) is 27.6 Å². The highest BCUT2D eigenvalue weighted by Crippen LogP contribution is 2.36. The van der Waals surface area contributed by atoms with Gasteiger partial charge in [-0.2, -0.15) is 18.3 Å². The Balaban J connectivity index is 1.83. The average molecular weight is 482 g/mol. The topological polar surface area (TPSA) is 78.0 Å². The van der Waals surface area contributed by atoms with Crippen molar-refractivity contribution in [1.82, 2.24) is 14.8 Å².